The molecule has 5 rings (SSSR count). The minimum atomic E-state index is -0.384. The van der Waals surface area contributed by atoms with E-state index in [1.807, 2.05) is 84.3 Å². The molecule has 0 bridgehead atoms. The number of carbonyl (C=O) groups excluding carboxylic acids is 2. The molecular weight excluding hydrogens is 574 g/mol. The van der Waals surface area contributed by atoms with E-state index < -0.39 is 0 Å². The summed E-state index contributed by atoms with van der Waals surface area (Å²) in [4.78, 5) is 31.2. The number of fused-ring (bicyclic) bond motifs is 1. The average molecular weight is 618 g/mol. The molecule has 2 aliphatic heterocycles. The van der Waals surface area contributed by atoms with Gasteiger partial charge in [-0.2, -0.15) is 0 Å². The lowest BCUT2D eigenvalue weighted by Crippen LogP contribution is -2.42. The molecule has 234 valence electrons. The first kappa shape index (κ1) is 31.9. The number of hydrogen-bond donors (Lipinski definition) is 1. The Balaban J connectivity index is 1.51. The smallest absolute Gasteiger partial charge is 0.232 e. The minimum Gasteiger partial charge on any atom is -0.493 e. The number of halogens is 1. The van der Waals surface area contributed by atoms with E-state index in [1.54, 1.807) is 7.11 Å². The van der Waals surface area contributed by atoms with Crippen LogP contribution in [0.5, 0.6) is 11.5 Å². The molecule has 44 heavy (non-hydrogen) atoms. The lowest BCUT2D eigenvalue weighted by Gasteiger charge is -2.38. The number of rotatable bonds is 10. The molecule has 0 aromatic heterocycles. The molecule has 8 heteroatoms. The lowest BCUT2D eigenvalue weighted by molar-refractivity contribution is -0.138. The Kier molecular flexibility index (Phi) is 10.2. The van der Waals surface area contributed by atoms with Crippen LogP contribution in [0.25, 0.3) is 0 Å². The fraction of sp³-hybridized carbons (Fsp3) is 0.444. The summed E-state index contributed by atoms with van der Waals surface area (Å²) < 4.78 is 12.0. The van der Waals surface area contributed by atoms with Gasteiger partial charge in [-0.3, -0.25) is 9.59 Å². The molecule has 3 aromatic rings. The van der Waals surface area contributed by atoms with Gasteiger partial charge in [-0.1, -0.05) is 42.8 Å². The number of anilines is 1. The summed E-state index contributed by atoms with van der Waals surface area (Å²) >= 11 is 6.28. The van der Waals surface area contributed by atoms with Gasteiger partial charge in [0.15, 0.2) is 11.5 Å². The first-order valence-electron chi connectivity index (χ1n) is 15.8. The van der Waals surface area contributed by atoms with Crippen molar-refractivity contribution in [3.05, 3.63) is 87.9 Å². The zero-order chi connectivity index (χ0) is 31.4. The molecule has 2 unspecified atom stereocenters. The average Bonchev–Trinajstić information content (AvgIpc) is 3.05. The van der Waals surface area contributed by atoms with Crippen molar-refractivity contribution < 1.29 is 19.1 Å². The van der Waals surface area contributed by atoms with Crippen LogP contribution in [-0.2, 0) is 16.0 Å². The molecule has 0 saturated carbocycles. The van der Waals surface area contributed by atoms with E-state index in [-0.39, 0.29) is 42.3 Å². The van der Waals surface area contributed by atoms with Crippen LogP contribution in [0.15, 0.2) is 60.7 Å². The van der Waals surface area contributed by atoms with Crippen LogP contribution in [0.1, 0.15) is 81.3 Å². The third-order valence-electron chi connectivity index (χ3n) is 9.11. The van der Waals surface area contributed by atoms with Gasteiger partial charge in [-0.05, 0) is 112 Å². The molecule has 2 amide bonds. The molecule has 0 radical (unpaired) electrons. The zero-order valence-electron chi connectivity index (χ0n) is 26.4. The summed E-state index contributed by atoms with van der Waals surface area (Å²) in [5.41, 5.74) is 4.70. The van der Waals surface area contributed by atoms with Crippen molar-refractivity contribution in [2.45, 2.75) is 71.6 Å². The maximum Gasteiger partial charge on any atom is 0.232 e. The number of methoxy groups -OCH3 is 1. The maximum absolute atomic E-state index is 13.9. The summed E-state index contributed by atoms with van der Waals surface area (Å²) in [5, 5.41) is 3.98. The molecule has 3 aromatic carbocycles. The second kappa shape index (κ2) is 14.0. The molecule has 2 heterocycles. The lowest BCUT2D eigenvalue weighted by atomic mass is 9.86. The Bertz CT molecular complexity index is 1450. The summed E-state index contributed by atoms with van der Waals surface area (Å²) in [5.74, 6) is 1.57. The van der Waals surface area contributed by atoms with Crippen LogP contribution in [0.3, 0.4) is 0 Å². The van der Waals surface area contributed by atoms with Gasteiger partial charge in [-0.15, -0.1) is 0 Å². The molecule has 1 N–H and O–H groups in total. The van der Waals surface area contributed by atoms with Gasteiger partial charge in [0.1, 0.15) is 0 Å². The van der Waals surface area contributed by atoms with Crippen molar-refractivity contribution in [2.75, 3.05) is 31.6 Å². The maximum atomic E-state index is 13.9. The van der Waals surface area contributed by atoms with Crippen molar-refractivity contribution in [3.63, 3.8) is 0 Å². The number of hydrogen-bond acceptors (Lipinski definition) is 5. The highest BCUT2D eigenvalue weighted by Gasteiger charge is 2.36. The third-order valence-corrected chi connectivity index (χ3v) is 9.36. The van der Waals surface area contributed by atoms with Crippen LogP contribution < -0.4 is 19.7 Å². The summed E-state index contributed by atoms with van der Waals surface area (Å²) in [7, 11) is 1.63. The highest BCUT2D eigenvalue weighted by atomic mass is 35.5. The topological polar surface area (TPSA) is 71.1 Å². The fourth-order valence-corrected chi connectivity index (χ4v) is 6.52. The monoisotopic (exact) mass is 617 g/mol. The normalized spacial score (nSPS) is 18.4. The van der Waals surface area contributed by atoms with Crippen LogP contribution in [0.2, 0.25) is 5.02 Å². The minimum absolute atomic E-state index is 0.00725. The SMILES string of the molecule is CC[C@@H](C)Oc1cc2c(cc1OC)CC(=O)N(c1ccc(C(C)N(CC)C(=O)C3CCNCC3)cc1)C2c1ccc(Cl)cc1. The van der Waals surface area contributed by atoms with Gasteiger partial charge in [0.05, 0.1) is 31.7 Å². The Morgan fingerprint density at radius 2 is 1.70 bits per heavy atom. The van der Waals surface area contributed by atoms with Gasteiger partial charge < -0.3 is 24.6 Å². The van der Waals surface area contributed by atoms with E-state index in [0.29, 0.717) is 23.1 Å². The number of amides is 2. The van der Waals surface area contributed by atoms with E-state index in [1.165, 1.54) is 0 Å². The second-order valence-electron chi connectivity index (χ2n) is 11.8. The first-order chi connectivity index (χ1) is 21.2. The molecule has 7 nitrogen and oxygen atoms in total. The Labute approximate surface area is 266 Å². The molecule has 3 atom stereocenters. The highest BCUT2D eigenvalue weighted by Crippen LogP contribution is 2.44. The number of carbonyl (C=O) groups is 2. The zero-order valence-corrected chi connectivity index (χ0v) is 27.2. The van der Waals surface area contributed by atoms with Gasteiger partial charge in [-0.25, -0.2) is 0 Å². The third kappa shape index (κ3) is 6.59. The van der Waals surface area contributed by atoms with E-state index in [4.69, 9.17) is 21.1 Å². The summed E-state index contributed by atoms with van der Waals surface area (Å²) in [6.07, 6.45) is 2.86. The van der Waals surface area contributed by atoms with Crippen LogP contribution in [0.4, 0.5) is 5.69 Å². The predicted molar refractivity (Wildman–Crippen MR) is 176 cm³/mol. The van der Waals surface area contributed by atoms with E-state index in [0.717, 1.165) is 60.3 Å². The Morgan fingerprint density at radius 1 is 1.02 bits per heavy atom. The Morgan fingerprint density at radius 3 is 2.32 bits per heavy atom. The summed E-state index contributed by atoms with van der Waals surface area (Å²) in [6, 6.07) is 19.3. The second-order valence-corrected chi connectivity index (χ2v) is 12.3. The first-order valence-corrected chi connectivity index (χ1v) is 16.2. The summed E-state index contributed by atoms with van der Waals surface area (Å²) in [6.45, 7) is 10.7. The number of benzene rings is 3. The van der Waals surface area contributed by atoms with Crippen LogP contribution in [-0.4, -0.2) is 49.6 Å². The molecular formula is C36H44ClN3O4. The molecule has 0 aliphatic carbocycles. The number of nitrogens with zero attached hydrogens (tertiary/aromatic N) is 2. The van der Waals surface area contributed by atoms with Gasteiger partial charge in [0, 0.05) is 23.2 Å². The molecule has 0 spiro atoms. The van der Waals surface area contributed by atoms with Gasteiger partial charge in [0.2, 0.25) is 11.8 Å². The van der Waals surface area contributed by atoms with Crippen molar-refractivity contribution in [1.82, 2.24) is 10.2 Å². The number of nitrogens with one attached hydrogen (secondary N) is 1. The van der Waals surface area contributed by atoms with E-state index in [2.05, 4.69) is 19.2 Å². The van der Waals surface area contributed by atoms with Crippen molar-refractivity contribution in [2.24, 2.45) is 5.92 Å². The van der Waals surface area contributed by atoms with Gasteiger partial charge in [0.25, 0.3) is 0 Å². The predicted octanol–water partition coefficient (Wildman–Crippen LogP) is 7.11. The highest BCUT2D eigenvalue weighted by molar-refractivity contribution is 6.30. The standard InChI is InChI=1S/C36H44ClN3O4/c1-6-23(3)44-33-22-31-28(20-32(33)43-5)21-34(41)40(35(31)26-8-12-29(37)13-9-26)30-14-10-25(11-15-30)24(4)39(7-2)36(42)27-16-18-38-19-17-27/h8-15,20,22-24,27,35,38H,6-7,16-19,21H2,1-5H3/t23-,24?,35?/m1/s1. The quantitative estimate of drug-likeness (QED) is 0.262. The Hall–Kier alpha value is -3.55. The molecule has 1 fully saturated rings. The fourth-order valence-electron chi connectivity index (χ4n) is 6.39. The van der Waals surface area contributed by atoms with Crippen LogP contribution >= 0.6 is 11.6 Å². The largest absolute Gasteiger partial charge is 0.493 e. The number of ether oxygens (including phenoxy) is 2. The van der Waals surface area contributed by atoms with Crippen molar-refractivity contribution >= 4 is 29.1 Å². The van der Waals surface area contributed by atoms with Gasteiger partial charge >= 0.3 is 0 Å². The van der Waals surface area contributed by atoms with E-state index in [9.17, 15) is 9.59 Å². The number of piperidine rings is 1. The molecule has 1 saturated heterocycles. The van der Waals surface area contributed by atoms with Crippen LogP contribution in [0, 0.1) is 5.92 Å². The molecule has 2 aliphatic rings. The van der Waals surface area contributed by atoms with E-state index >= 15 is 0 Å². The van der Waals surface area contributed by atoms with Crippen molar-refractivity contribution in [3.8, 4) is 11.5 Å². The van der Waals surface area contributed by atoms with Crippen molar-refractivity contribution in [1.29, 1.82) is 0 Å².